The Kier molecular flexibility index (Phi) is 2.88. The van der Waals surface area contributed by atoms with Crippen molar-refractivity contribution >= 4 is 11.6 Å². The predicted molar refractivity (Wildman–Crippen MR) is 68.0 cm³/mol. The summed E-state index contributed by atoms with van der Waals surface area (Å²) in [5, 5.41) is 10.4. The normalized spacial score (nSPS) is 10.4. The van der Waals surface area contributed by atoms with Crippen molar-refractivity contribution in [3.63, 3.8) is 0 Å². The first-order valence-electron chi connectivity index (χ1n) is 5.14. The topological polar surface area (TPSA) is 20.2 Å². The van der Waals surface area contributed by atoms with Crippen LogP contribution in [-0.4, -0.2) is 5.11 Å². The van der Waals surface area contributed by atoms with Gasteiger partial charge in [-0.1, -0.05) is 35.9 Å². The van der Waals surface area contributed by atoms with Crippen LogP contribution in [0.15, 0.2) is 36.4 Å². The molecule has 0 bridgehead atoms. The van der Waals surface area contributed by atoms with Crippen LogP contribution in [0.5, 0.6) is 5.75 Å². The molecule has 82 valence electrons. The van der Waals surface area contributed by atoms with E-state index in [-0.39, 0.29) is 0 Å². The van der Waals surface area contributed by atoms with Gasteiger partial charge in [0.05, 0.1) is 0 Å². The number of halogens is 1. The molecule has 2 aromatic rings. The Balaban J connectivity index is 2.50. The van der Waals surface area contributed by atoms with E-state index in [4.69, 9.17) is 11.6 Å². The van der Waals surface area contributed by atoms with E-state index >= 15 is 0 Å². The summed E-state index contributed by atoms with van der Waals surface area (Å²) in [6.07, 6.45) is 0. The highest BCUT2D eigenvalue weighted by Gasteiger charge is 2.03. The first-order chi connectivity index (χ1) is 7.58. The predicted octanol–water partition coefficient (Wildman–Crippen LogP) is 4.33. The third-order valence-electron chi connectivity index (χ3n) is 2.71. The molecular formula is C14H13ClO. The third-order valence-corrected chi connectivity index (χ3v) is 3.12. The molecule has 0 radical (unpaired) electrons. The molecular weight excluding hydrogens is 220 g/mol. The molecule has 0 aliphatic carbocycles. The van der Waals surface area contributed by atoms with E-state index < -0.39 is 0 Å². The molecule has 0 aromatic heterocycles. The van der Waals surface area contributed by atoms with Gasteiger partial charge in [0.2, 0.25) is 0 Å². The molecule has 2 rings (SSSR count). The fourth-order valence-electron chi connectivity index (χ4n) is 1.56. The van der Waals surface area contributed by atoms with Crippen LogP contribution in [0.4, 0.5) is 0 Å². The SMILES string of the molecule is Cc1ccc(-c2ccc(C)c(Cl)c2)cc1O. The Bertz CT molecular complexity index is 483. The van der Waals surface area contributed by atoms with Gasteiger partial charge in [-0.15, -0.1) is 0 Å². The Morgan fingerprint density at radius 1 is 0.875 bits per heavy atom. The van der Waals surface area contributed by atoms with Crippen LogP contribution < -0.4 is 0 Å². The molecule has 0 atom stereocenters. The van der Waals surface area contributed by atoms with Gasteiger partial charge in [-0.3, -0.25) is 0 Å². The van der Waals surface area contributed by atoms with Gasteiger partial charge >= 0.3 is 0 Å². The molecule has 0 fully saturated rings. The second kappa shape index (κ2) is 4.18. The van der Waals surface area contributed by atoms with E-state index in [0.717, 1.165) is 27.3 Å². The van der Waals surface area contributed by atoms with Crippen LogP contribution in [-0.2, 0) is 0 Å². The summed E-state index contributed by atoms with van der Waals surface area (Å²) in [7, 11) is 0. The monoisotopic (exact) mass is 232 g/mol. The van der Waals surface area contributed by atoms with Gasteiger partial charge in [0.1, 0.15) is 5.75 Å². The van der Waals surface area contributed by atoms with Crippen LogP contribution in [0.25, 0.3) is 11.1 Å². The Morgan fingerprint density at radius 2 is 1.44 bits per heavy atom. The summed E-state index contributed by atoms with van der Waals surface area (Å²) in [6, 6.07) is 11.5. The number of rotatable bonds is 1. The van der Waals surface area contributed by atoms with Crippen LogP contribution in [0.3, 0.4) is 0 Å². The highest BCUT2D eigenvalue weighted by molar-refractivity contribution is 6.31. The summed E-state index contributed by atoms with van der Waals surface area (Å²) in [6.45, 7) is 3.85. The zero-order valence-corrected chi connectivity index (χ0v) is 10.0. The minimum absolute atomic E-state index is 0.314. The van der Waals surface area contributed by atoms with E-state index in [2.05, 4.69) is 0 Å². The lowest BCUT2D eigenvalue weighted by Crippen LogP contribution is -1.82. The van der Waals surface area contributed by atoms with Crippen molar-refractivity contribution < 1.29 is 5.11 Å². The smallest absolute Gasteiger partial charge is 0.119 e. The lowest BCUT2D eigenvalue weighted by Gasteiger charge is -2.06. The number of hydrogen-bond donors (Lipinski definition) is 1. The number of hydrogen-bond acceptors (Lipinski definition) is 1. The van der Waals surface area contributed by atoms with Crippen molar-refractivity contribution in [2.24, 2.45) is 0 Å². The van der Waals surface area contributed by atoms with Crippen molar-refractivity contribution in [1.29, 1.82) is 0 Å². The summed E-state index contributed by atoms with van der Waals surface area (Å²) >= 11 is 6.07. The number of benzene rings is 2. The number of aromatic hydroxyl groups is 1. The maximum atomic E-state index is 9.65. The van der Waals surface area contributed by atoms with Crippen molar-refractivity contribution in [3.8, 4) is 16.9 Å². The summed E-state index contributed by atoms with van der Waals surface area (Å²) in [5.74, 6) is 0.314. The Hall–Kier alpha value is -1.47. The Morgan fingerprint density at radius 3 is 2.00 bits per heavy atom. The zero-order valence-electron chi connectivity index (χ0n) is 9.29. The molecule has 0 heterocycles. The molecule has 0 amide bonds. The Labute approximate surface area is 100 Å². The molecule has 0 saturated carbocycles. The lowest BCUT2D eigenvalue weighted by atomic mass is 10.0. The van der Waals surface area contributed by atoms with Crippen LogP contribution in [0.1, 0.15) is 11.1 Å². The fourth-order valence-corrected chi connectivity index (χ4v) is 1.74. The van der Waals surface area contributed by atoms with Gasteiger partial charge in [0, 0.05) is 5.02 Å². The van der Waals surface area contributed by atoms with Crippen LogP contribution >= 0.6 is 11.6 Å². The third kappa shape index (κ3) is 2.05. The lowest BCUT2D eigenvalue weighted by molar-refractivity contribution is 0.471. The van der Waals surface area contributed by atoms with E-state index in [0.29, 0.717) is 5.75 Å². The molecule has 16 heavy (non-hydrogen) atoms. The average Bonchev–Trinajstić information content (AvgIpc) is 2.26. The van der Waals surface area contributed by atoms with Crippen molar-refractivity contribution in [2.45, 2.75) is 13.8 Å². The zero-order chi connectivity index (χ0) is 11.7. The van der Waals surface area contributed by atoms with Crippen molar-refractivity contribution in [1.82, 2.24) is 0 Å². The number of phenolic OH excluding ortho intramolecular Hbond substituents is 1. The van der Waals surface area contributed by atoms with Gasteiger partial charge < -0.3 is 5.11 Å². The molecule has 1 nitrogen and oxygen atoms in total. The highest BCUT2D eigenvalue weighted by atomic mass is 35.5. The highest BCUT2D eigenvalue weighted by Crippen LogP contribution is 2.28. The second-order valence-corrected chi connectivity index (χ2v) is 4.37. The van der Waals surface area contributed by atoms with Gasteiger partial charge in [0.15, 0.2) is 0 Å². The van der Waals surface area contributed by atoms with E-state index in [9.17, 15) is 5.11 Å². The summed E-state index contributed by atoms with van der Waals surface area (Å²) in [5.41, 5.74) is 3.93. The van der Waals surface area contributed by atoms with Gasteiger partial charge in [-0.2, -0.15) is 0 Å². The van der Waals surface area contributed by atoms with E-state index in [1.807, 2.05) is 44.2 Å². The largest absolute Gasteiger partial charge is 0.508 e. The minimum atomic E-state index is 0.314. The van der Waals surface area contributed by atoms with Crippen molar-refractivity contribution in [2.75, 3.05) is 0 Å². The standard InChI is InChI=1S/C14H13ClO/c1-9-3-5-11(7-13(9)15)12-6-4-10(2)14(16)8-12/h3-8,16H,1-2H3. The molecule has 2 aromatic carbocycles. The van der Waals surface area contributed by atoms with Crippen LogP contribution in [0, 0.1) is 13.8 Å². The van der Waals surface area contributed by atoms with E-state index in [1.165, 1.54) is 0 Å². The fraction of sp³-hybridized carbons (Fsp3) is 0.143. The molecule has 0 unspecified atom stereocenters. The molecule has 1 N–H and O–H groups in total. The maximum absolute atomic E-state index is 9.65. The van der Waals surface area contributed by atoms with Crippen molar-refractivity contribution in [3.05, 3.63) is 52.5 Å². The minimum Gasteiger partial charge on any atom is -0.508 e. The van der Waals surface area contributed by atoms with Crippen LogP contribution in [0.2, 0.25) is 5.02 Å². The quantitative estimate of drug-likeness (QED) is 0.776. The summed E-state index contributed by atoms with van der Waals surface area (Å²) in [4.78, 5) is 0. The number of aryl methyl sites for hydroxylation is 2. The molecule has 0 aliphatic heterocycles. The summed E-state index contributed by atoms with van der Waals surface area (Å²) < 4.78 is 0. The molecule has 0 aliphatic rings. The van der Waals surface area contributed by atoms with Gasteiger partial charge in [-0.05, 0) is 48.2 Å². The van der Waals surface area contributed by atoms with Gasteiger partial charge in [-0.25, -0.2) is 0 Å². The number of phenols is 1. The second-order valence-electron chi connectivity index (χ2n) is 3.97. The first kappa shape index (κ1) is 11.0. The average molecular weight is 233 g/mol. The molecule has 0 spiro atoms. The molecule has 2 heteroatoms. The molecule has 0 saturated heterocycles. The maximum Gasteiger partial charge on any atom is 0.119 e. The van der Waals surface area contributed by atoms with Gasteiger partial charge in [0.25, 0.3) is 0 Å². The first-order valence-corrected chi connectivity index (χ1v) is 5.52. The van der Waals surface area contributed by atoms with E-state index in [1.54, 1.807) is 6.07 Å².